The van der Waals surface area contributed by atoms with E-state index >= 15 is 0 Å². The van der Waals surface area contributed by atoms with Crippen LogP contribution >= 0.6 is 11.6 Å². The topological polar surface area (TPSA) is 106 Å². The van der Waals surface area contributed by atoms with E-state index in [-0.39, 0.29) is 0 Å². The number of nitrogens with zero attached hydrogens (tertiary/aromatic N) is 4. The SMILES string of the molecule is O=C(/C=C/c1cn(Cc2nc3ccc(Cl)cc3o2)nn1)NO. The van der Waals surface area contributed by atoms with E-state index in [0.29, 0.717) is 34.3 Å². The molecule has 0 aliphatic carbocycles. The Bertz CT molecular complexity index is 854. The van der Waals surface area contributed by atoms with E-state index in [0.717, 1.165) is 6.08 Å². The van der Waals surface area contributed by atoms with E-state index in [1.54, 1.807) is 24.4 Å². The molecule has 0 bridgehead atoms. The van der Waals surface area contributed by atoms with Crippen LogP contribution in [0.25, 0.3) is 17.2 Å². The molecule has 0 atom stereocenters. The van der Waals surface area contributed by atoms with Crippen LogP contribution in [0.3, 0.4) is 0 Å². The molecule has 2 N–H and O–H groups in total. The molecule has 2 aromatic heterocycles. The van der Waals surface area contributed by atoms with Crippen LogP contribution in [-0.2, 0) is 11.3 Å². The van der Waals surface area contributed by atoms with Gasteiger partial charge in [-0.3, -0.25) is 10.0 Å². The van der Waals surface area contributed by atoms with E-state index in [4.69, 9.17) is 21.2 Å². The van der Waals surface area contributed by atoms with Gasteiger partial charge < -0.3 is 4.42 Å². The summed E-state index contributed by atoms with van der Waals surface area (Å²) in [5.41, 5.74) is 3.25. The summed E-state index contributed by atoms with van der Waals surface area (Å²) in [4.78, 5) is 15.2. The number of amides is 1. The van der Waals surface area contributed by atoms with Gasteiger partial charge in [0.15, 0.2) is 5.58 Å². The van der Waals surface area contributed by atoms with Crippen molar-refractivity contribution >= 4 is 34.7 Å². The third kappa shape index (κ3) is 3.13. The molecule has 8 nitrogen and oxygen atoms in total. The van der Waals surface area contributed by atoms with Crippen LogP contribution < -0.4 is 5.48 Å². The molecule has 9 heteroatoms. The smallest absolute Gasteiger partial charge is 0.267 e. The first-order chi connectivity index (χ1) is 10.6. The van der Waals surface area contributed by atoms with Gasteiger partial charge in [0.1, 0.15) is 17.8 Å². The maximum absolute atomic E-state index is 10.9. The Morgan fingerprint density at radius 2 is 2.36 bits per heavy atom. The molecule has 0 aliphatic heterocycles. The first-order valence-corrected chi connectivity index (χ1v) is 6.59. The first-order valence-electron chi connectivity index (χ1n) is 6.21. The third-order valence-corrected chi connectivity index (χ3v) is 3.00. The molecule has 0 aliphatic rings. The van der Waals surface area contributed by atoms with Crippen molar-refractivity contribution in [1.82, 2.24) is 25.5 Å². The van der Waals surface area contributed by atoms with E-state index in [1.807, 2.05) is 0 Å². The van der Waals surface area contributed by atoms with Crippen LogP contribution in [0.2, 0.25) is 5.02 Å². The highest BCUT2D eigenvalue weighted by molar-refractivity contribution is 6.31. The summed E-state index contributed by atoms with van der Waals surface area (Å²) in [7, 11) is 0. The maximum Gasteiger partial charge on any atom is 0.267 e. The zero-order chi connectivity index (χ0) is 15.5. The number of oxazole rings is 1. The van der Waals surface area contributed by atoms with Gasteiger partial charge in [-0.25, -0.2) is 15.1 Å². The molecule has 0 fully saturated rings. The molecule has 22 heavy (non-hydrogen) atoms. The molecule has 0 unspecified atom stereocenters. The lowest BCUT2D eigenvalue weighted by atomic mass is 10.3. The molecule has 1 aromatic carbocycles. The van der Waals surface area contributed by atoms with Gasteiger partial charge in [0, 0.05) is 17.2 Å². The van der Waals surface area contributed by atoms with E-state index < -0.39 is 5.91 Å². The van der Waals surface area contributed by atoms with E-state index in [1.165, 1.54) is 16.2 Å². The quantitative estimate of drug-likeness (QED) is 0.430. The van der Waals surface area contributed by atoms with Gasteiger partial charge in [-0.1, -0.05) is 16.8 Å². The Morgan fingerprint density at radius 1 is 1.50 bits per heavy atom. The average molecular weight is 320 g/mol. The lowest BCUT2D eigenvalue weighted by Crippen LogP contribution is -2.14. The fraction of sp³-hybridized carbons (Fsp3) is 0.0769. The number of fused-ring (bicyclic) bond motifs is 1. The van der Waals surface area contributed by atoms with Gasteiger partial charge in [0.2, 0.25) is 5.89 Å². The van der Waals surface area contributed by atoms with Gasteiger partial charge in [-0.15, -0.1) is 5.10 Å². The Balaban J connectivity index is 1.76. The number of halogens is 1. The van der Waals surface area contributed by atoms with Crippen LogP contribution in [-0.4, -0.2) is 31.1 Å². The van der Waals surface area contributed by atoms with Crippen LogP contribution in [0.1, 0.15) is 11.6 Å². The van der Waals surface area contributed by atoms with Gasteiger partial charge in [0.05, 0.1) is 6.20 Å². The van der Waals surface area contributed by atoms with Crippen molar-refractivity contribution < 1.29 is 14.4 Å². The number of benzene rings is 1. The minimum Gasteiger partial charge on any atom is -0.439 e. The number of rotatable bonds is 4. The lowest BCUT2D eigenvalue weighted by molar-refractivity contribution is -0.124. The number of hydrogen-bond donors (Lipinski definition) is 2. The fourth-order valence-electron chi connectivity index (χ4n) is 1.82. The molecule has 0 saturated heterocycles. The summed E-state index contributed by atoms with van der Waals surface area (Å²) in [6, 6.07) is 5.20. The van der Waals surface area contributed by atoms with Crippen molar-refractivity contribution in [3.63, 3.8) is 0 Å². The number of nitrogens with one attached hydrogen (secondary N) is 1. The highest BCUT2D eigenvalue weighted by atomic mass is 35.5. The van der Waals surface area contributed by atoms with Crippen molar-refractivity contribution in [2.45, 2.75) is 6.54 Å². The number of carbonyl (C=O) groups excluding carboxylic acids is 1. The normalized spacial score (nSPS) is 11.4. The molecule has 0 saturated carbocycles. The Hall–Kier alpha value is -2.71. The van der Waals surface area contributed by atoms with Gasteiger partial charge in [-0.2, -0.15) is 0 Å². The molecule has 0 radical (unpaired) electrons. The molecular formula is C13H10ClN5O3. The summed E-state index contributed by atoms with van der Waals surface area (Å²) >= 11 is 5.89. The zero-order valence-corrected chi connectivity index (χ0v) is 11.9. The largest absolute Gasteiger partial charge is 0.439 e. The summed E-state index contributed by atoms with van der Waals surface area (Å²) in [5, 5.41) is 16.7. The van der Waals surface area contributed by atoms with Gasteiger partial charge in [-0.05, 0) is 18.2 Å². The van der Waals surface area contributed by atoms with Crippen molar-refractivity contribution in [2.24, 2.45) is 0 Å². The number of hydroxylamine groups is 1. The molecule has 112 valence electrons. The van der Waals surface area contributed by atoms with Crippen molar-refractivity contribution in [3.05, 3.63) is 47.1 Å². The molecule has 0 spiro atoms. The van der Waals surface area contributed by atoms with Crippen molar-refractivity contribution in [2.75, 3.05) is 0 Å². The monoisotopic (exact) mass is 319 g/mol. The number of carbonyl (C=O) groups is 1. The molecule has 3 rings (SSSR count). The van der Waals surface area contributed by atoms with Crippen molar-refractivity contribution in [1.29, 1.82) is 0 Å². The van der Waals surface area contributed by atoms with Crippen LogP contribution in [0.4, 0.5) is 0 Å². The highest BCUT2D eigenvalue weighted by Crippen LogP contribution is 2.20. The van der Waals surface area contributed by atoms with Gasteiger partial charge in [0.25, 0.3) is 5.91 Å². The maximum atomic E-state index is 10.9. The second-order valence-electron chi connectivity index (χ2n) is 4.37. The number of hydrogen-bond acceptors (Lipinski definition) is 6. The first kappa shape index (κ1) is 14.2. The van der Waals surface area contributed by atoms with Crippen LogP contribution in [0.15, 0.2) is 34.9 Å². The van der Waals surface area contributed by atoms with Gasteiger partial charge >= 0.3 is 0 Å². The minimum atomic E-state index is -0.648. The Kier molecular flexibility index (Phi) is 3.86. The minimum absolute atomic E-state index is 0.291. The van der Waals surface area contributed by atoms with E-state index in [2.05, 4.69) is 15.3 Å². The summed E-state index contributed by atoms with van der Waals surface area (Å²) in [6.07, 6.45) is 4.17. The zero-order valence-electron chi connectivity index (χ0n) is 11.1. The standard InChI is InChI=1S/C13H10ClN5O3/c14-8-1-3-10-11(5-8)22-13(15-10)7-19-6-9(16-18-19)2-4-12(20)17-21/h1-6,21H,7H2,(H,17,20)/b4-2+. The fourth-order valence-corrected chi connectivity index (χ4v) is 1.98. The summed E-state index contributed by atoms with van der Waals surface area (Å²) in [5.74, 6) is -0.184. The Labute approximate surface area is 129 Å². The van der Waals surface area contributed by atoms with Crippen LogP contribution in [0, 0.1) is 0 Å². The molecule has 2 heterocycles. The summed E-state index contributed by atoms with van der Waals surface area (Å²) < 4.78 is 7.10. The highest BCUT2D eigenvalue weighted by Gasteiger charge is 2.08. The summed E-state index contributed by atoms with van der Waals surface area (Å²) in [6.45, 7) is 0.291. The predicted octanol–water partition coefficient (Wildman–Crippen LogP) is 1.64. The second kappa shape index (κ2) is 5.96. The Morgan fingerprint density at radius 3 is 3.18 bits per heavy atom. The molecular weight excluding hydrogens is 310 g/mol. The third-order valence-electron chi connectivity index (χ3n) is 2.76. The molecule has 1 amide bonds. The molecule has 3 aromatic rings. The second-order valence-corrected chi connectivity index (χ2v) is 4.81. The average Bonchev–Trinajstić information content (AvgIpc) is 3.10. The number of aromatic nitrogens is 4. The lowest BCUT2D eigenvalue weighted by Gasteiger charge is -1.93. The van der Waals surface area contributed by atoms with E-state index in [9.17, 15) is 4.79 Å². The van der Waals surface area contributed by atoms with Crippen LogP contribution in [0.5, 0.6) is 0 Å². The van der Waals surface area contributed by atoms with Crippen molar-refractivity contribution in [3.8, 4) is 0 Å². The predicted molar refractivity (Wildman–Crippen MR) is 77.1 cm³/mol.